The highest BCUT2D eigenvalue weighted by Crippen LogP contribution is 2.00. The molecule has 0 aromatic heterocycles. The Morgan fingerprint density at radius 1 is 1.40 bits per heavy atom. The summed E-state index contributed by atoms with van der Waals surface area (Å²) in [7, 11) is 1.76. The number of hydrogen-bond donors (Lipinski definition) is 2. The Labute approximate surface area is 62.2 Å². The Balaban J connectivity index is 3.85. The third kappa shape index (κ3) is 2.94. The number of hydrazine groups is 1. The fourth-order valence-corrected chi connectivity index (χ4v) is 0.893. The number of hydrogen-bond acceptors (Lipinski definition) is 3. The fraction of sp³-hybridized carbons (Fsp3) is 0.857. The largest absolute Gasteiger partial charge is 0.298 e. The van der Waals surface area contributed by atoms with Crippen molar-refractivity contribution in [3.05, 3.63) is 0 Å². The SMILES string of the molecule is CNNC(C(C)=O)C(C)C. The molecular weight excluding hydrogens is 128 g/mol. The smallest absolute Gasteiger partial charge is 0.148 e. The van der Waals surface area contributed by atoms with E-state index in [4.69, 9.17) is 0 Å². The summed E-state index contributed by atoms with van der Waals surface area (Å²) in [5.74, 6) is 0.509. The molecular formula is C7H16N2O. The lowest BCUT2D eigenvalue weighted by Gasteiger charge is -2.18. The molecule has 0 amide bonds. The number of carbonyl (C=O) groups excluding carboxylic acids is 1. The van der Waals surface area contributed by atoms with Crippen molar-refractivity contribution in [1.29, 1.82) is 0 Å². The molecule has 3 nitrogen and oxygen atoms in total. The third-order valence-corrected chi connectivity index (χ3v) is 1.40. The highest BCUT2D eigenvalue weighted by Gasteiger charge is 2.15. The maximum Gasteiger partial charge on any atom is 0.148 e. The van der Waals surface area contributed by atoms with E-state index in [2.05, 4.69) is 10.9 Å². The van der Waals surface area contributed by atoms with Crippen LogP contribution < -0.4 is 10.9 Å². The standard InChI is InChI=1S/C7H16N2O/c1-5(2)7(6(3)10)9-8-4/h5,7-9H,1-4H3. The number of carbonyl (C=O) groups is 1. The summed E-state index contributed by atoms with van der Waals surface area (Å²) in [6, 6.07) is -0.0648. The predicted octanol–water partition coefficient (Wildman–Crippen LogP) is 0.324. The number of ketones is 1. The lowest BCUT2D eigenvalue weighted by molar-refractivity contribution is -0.120. The lowest BCUT2D eigenvalue weighted by Crippen LogP contribution is -2.45. The second kappa shape index (κ2) is 4.41. The van der Waals surface area contributed by atoms with E-state index >= 15 is 0 Å². The van der Waals surface area contributed by atoms with Gasteiger partial charge in [0.05, 0.1) is 6.04 Å². The van der Waals surface area contributed by atoms with Gasteiger partial charge >= 0.3 is 0 Å². The maximum atomic E-state index is 10.9. The van der Waals surface area contributed by atoms with Crippen LogP contribution in [0, 0.1) is 5.92 Å². The molecule has 1 atom stereocenters. The molecule has 0 bridgehead atoms. The van der Waals surface area contributed by atoms with Crippen molar-refractivity contribution in [2.24, 2.45) is 5.92 Å². The summed E-state index contributed by atoms with van der Waals surface area (Å²) >= 11 is 0. The zero-order valence-corrected chi connectivity index (χ0v) is 7.06. The van der Waals surface area contributed by atoms with Crippen LogP contribution in [-0.2, 0) is 4.79 Å². The summed E-state index contributed by atoms with van der Waals surface area (Å²) in [6.45, 7) is 5.61. The summed E-state index contributed by atoms with van der Waals surface area (Å²) in [5.41, 5.74) is 5.64. The van der Waals surface area contributed by atoms with E-state index in [0.717, 1.165) is 0 Å². The van der Waals surface area contributed by atoms with Gasteiger partial charge in [-0.1, -0.05) is 13.8 Å². The average molecular weight is 144 g/mol. The molecule has 0 aliphatic rings. The minimum Gasteiger partial charge on any atom is -0.298 e. The van der Waals surface area contributed by atoms with Gasteiger partial charge in [0.15, 0.2) is 0 Å². The highest BCUT2D eigenvalue weighted by atomic mass is 16.1. The van der Waals surface area contributed by atoms with Crippen LogP contribution in [-0.4, -0.2) is 18.9 Å². The first-order valence-corrected chi connectivity index (χ1v) is 3.52. The molecule has 0 saturated heterocycles. The first-order valence-electron chi connectivity index (χ1n) is 3.52. The van der Waals surface area contributed by atoms with Crippen LogP contribution >= 0.6 is 0 Å². The van der Waals surface area contributed by atoms with Gasteiger partial charge in [-0.3, -0.25) is 10.2 Å². The van der Waals surface area contributed by atoms with E-state index in [1.807, 2.05) is 13.8 Å². The zero-order valence-electron chi connectivity index (χ0n) is 7.06. The van der Waals surface area contributed by atoms with Gasteiger partial charge in [0, 0.05) is 0 Å². The van der Waals surface area contributed by atoms with Crippen molar-refractivity contribution in [2.75, 3.05) is 7.05 Å². The third-order valence-electron chi connectivity index (χ3n) is 1.40. The first kappa shape index (κ1) is 9.59. The van der Waals surface area contributed by atoms with Crippen molar-refractivity contribution in [1.82, 2.24) is 10.9 Å². The molecule has 0 aliphatic heterocycles. The molecule has 0 radical (unpaired) electrons. The van der Waals surface area contributed by atoms with Crippen LogP contribution in [0.2, 0.25) is 0 Å². The van der Waals surface area contributed by atoms with E-state index < -0.39 is 0 Å². The highest BCUT2D eigenvalue weighted by molar-refractivity contribution is 5.81. The minimum atomic E-state index is -0.0648. The predicted molar refractivity (Wildman–Crippen MR) is 41.5 cm³/mol. The lowest BCUT2D eigenvalue weighted by atomic mass is 10.0. The van der Waals surface area contributed by atoms with Gasteiger partial charge in [-0.2, -0.15) is 0 Å². The van der Waals surface area contributed by atoms with Crippen LogP contribution in [0.15, 0.2) is 0 Å². The van der Waals surface area contributed by atoms with Crippen molar-refractivity contribution in [3.63, 3.8) is 0 Å². The minimum absolute atomic E-state index is 0.0648. The fourth-order valence-electron chi connectivity index (χ4n) is 0.893. The Morgan fingerprint density at radius 3 is 2.00 bits per heavy atom. The molecule has 3 heteroatoms. The molecule has 10 heavy (non-hydrogen) atoms. The summed E-state index contributed by atoms with van der Waals surface area (Å²) in [6.07, 6.45) is 0. The molecule has 1 unspecified atom stereocenters. The van der Waals surface area contributed by atoms with Crippen molar-refractivity contribution < 1.29 is 4.79 Å². The number of Topliss-reactive ketones (excluding diaryl/α,β-unsaturated/α-hetero) is 1. The van der Waals surface area contributed by atoms with Gasteiger partial charge in [-0.25, -0.2) is 5.43 Å². The number of rotatable bonds is 4. The van der Waals surface area contributed by atoms with Crippen LogP contribution in [0.1, 0.15) is 20.8 Å². The molecule has 0 aromatic rings. The molecule has 0 aromatic carbocycles. The van der Waals surface area contributed by atoms with Gasteiger partial charge in [-0.05, 0) is 19.9 Å². The van der Waals surface area contributed by atoms with Crippen molar-refractivity contribution in [3.8, 4) is 0 Å². The topological polar surface area (TPSA) is 41.1 Å². The van der Waals surface area contributed by atoms with Crippen LogP contribution in [0.25, 0.3) is 0 Å². The van der Waals surface area contributed by atoms with E-state index in [1.54, 1.807) is 14.0 Å². The summed E-state index contributed by atoms with van der Waals surface area (Å²) < 4.78 is 0. The van der Waals surface area contributed by atoms with Gasteiger partial charge in [0.25, 0.3) is 0 Å². The zero-order chi connectivity index (χ0) is 8.15. The molecule has 0 saturated carbocycles. The number of nitrogens with one attached hydrogen (secondary N) is 2. The molecule has 0 fully saturated rings. The van der Waals surface area contributed by atoms with Gasteiger partial charge in [-0.15, -0.1) is 0 Å². The molecule has 2 N–H and O–H groups in total. The van der Waals surface area contributed by atoms with Crippen LogP contribution in [0.3, 0.4) is 0 Å². The second-order valence-corrected chi connectivity index (χ2v) is 2.73. The molecule has 0 spiro atoms. The second-order valence-electron chi connectivity index (χ2n) is 2.73. The molecule has 60 valence electrons. The summed E-state index contributed by atoms with van der Waals surface area (Å²) in [5, 5.41) is 0. The van der Waals surface area contributed by atoms with E-state index in [1.165, 1.54) is 0 Å². The summed E-state index contributed by atoms with van der Waals surface area (Å²) in [4.78, 5) is 10.9. The Morgan fingerprint density at radius 2 is 1.90 bits per heavy atom. The van der Waals surface area contributed by atoms with Gasteiger partial charge in [0.1, 0.15) is 5.78 Å². The molecule has 0 rings (SSSR count). The quantitative estimate of drug-likeness (QED) is 0.558. The monoisotopic (exact) mass is 144 g/mol. The Hall–Kier alpha value is -0.410. The normalized spacial score (nSPS) is 13.7. The van der Waals surface area contributed by atoms with Crippen LogP contribution in [0.5, 0.6) is 0 Å². The van der Waals surface area contributed by atoms with Crippen molar-refractivity contribution >= 4 is 5.78 Å². The van der Waals surface area contributed by atoms with Gasteiger partial charge in [0.2, 0.25) is 0 Å². The van der Waals surface area contributed by atoms with E-state index in [0.29, 0.717) is 5.92 Å². The Kier molecular flexibility index (Phi) is 4.23. The molecule has 0 aliphatic carbocycles. The van der Waals surface area contributed by atoms with Crippen molar-refractivity contribution in [2.45, 2.75) is 26.8 Å². The molecule has 0 heterocycles. The van der Waals surface area contributed by atoms with E-state index in [-0.39, 0.29) is 11.8 Å². The van der Waals surface area contributed by atoms with Crippen LogP contribution in [0.4, 0.5) is 0 Å². The average Bonchev–Trinajstić information content (AvgIpc) is 1.81. The maximum absolute atomic E-state index is 10.9. The van der Waals surface area contributed by atoms with E-state index in [9.17, 15) is 4.79 Å². The van der Waals surface area contributed by atoms with Gasteiger partial charge < -0.3 is 0 Å². The first-order chi connectivity index (χ1) is 4.59. The Bertz CT molecular complexity index is 112.